The zero-order chi connectivity index (χ0) is 9.07. The maximum absolute atomic E-state index is 10.9. The maximum atomic E-state index is 10.9. The van der Waals surface area contributed by atoms with Gasteiger partial charge in [-0.2, -0.15) is 0 Å². The Morgan fingerprint density at radius 3 is 2.27 bits per heavy atom. The third-order valence-electron chi connectivity index (χ3n) is 0.614. The number of rotatable bonds is 3. The topological polar surface area (TPSA) is 78.6 Å². The number of hydrogen-bond donors (Lipinski definition) is 1. The molecule has 0 aliphatic heterocycles. The molecule has 0 bridgehead atoms. The van der Waals surface area contributed by atoms with Gasteiger partial charge in [0, 0.05) is 6.92 Å². The summed E-state index contributed by atoms with van der Waals surface area (Å²) in [6.07, 6.45) is -0.329. The highest BCUT2D eigenvalue weighted by Gasteiger charge is 2.22. The van der Waals surface area contributed by atoms with Gasteiger partial charge in [0.2, 0.25) is 0 Å². The average molecular weight is 181 g/mol. The van der Waals surface area contributed by atoms with Crippen LogP contribution in [0.15, 0.2) is 0 Å². The summed E-state index contributed by atoms with van der Waals surface area (Å²) in [5.41, 5.74) is 5.01. The SMILES string of the molecule is CC(=O)OP(N)(=O)OC(C)C. The summed E-state index contributed by atoms with van der Waals surface area (Å²) in [6.45, 7) is 4.40. The van der Waals surface area contributed by atoms with Crippen molar-refractivity contribution in [2.75, 3.05) is 0 Å². The summed E-state index contributed by atoms with van der Waals surface area (Å²) in [6, 6.07) is 0. The van der Waals surface area contributed by atoms with E-state index in [0.29, 0.717) is 0 Å². The summed E-state index contributed by atoms with van der Waals surface area (Å²) in [5, 5.41) is 0. The highest BCUT2D eigenvalue weighted by Crippen LogP contribution is 2.40. The molecule has 0 aromatic carbocycles. The highest BCUT2D eigenvalue weighted by molar-refractivity contribution is 7.51. The van der Waals surface area contributed by atoms with Gasteiger partial charge in [0.25, 0.3) is 0 Å². The summed E-state index contributed by atoms with van der Waals surface area (Å²) in [4.78, 5) is 10.3. The minimum absolute atomic E-state index is 0.329. The largest absolute Gasteiger partial charge is 0.458 e. The van der Waals surface area contributed by atoms with E-state index in [4.69, 9.17) is 5.50 Å². The first kappa shape index (κ1) is 10.6. The molecule has 2 N–H and O–H groups in total. The van der Waals surface area contributed by atoms with Crippen LogP contribution >= 0.6 is 7.75 Å². The molecule has 1 atom stereocenters. The van der Waals surface area contributed by atoms with Gasteiger partial charge in [-0.15, -0.1) is 0 Å². The summed E-state index contributed by atoms with van der Waals surface area (Å²) in [7, 11) is -3.65. The zero-order valence-corrected chi connectivity index (χ0v) is 7.63. The molecule has 0 aromatic heterocycles. The monoisotopic (exact) mass is 181 g/mol. The van der Waals surface area contributed by atoms with Gasteiger partial charge in [-0.25, -0.2) is 10.1 Å². The molecule has 6 heteroatoms. The van der Waals surface area contributed by atoms with Gasteiger partial charge in [-0.05, 0) is 13.8 Å². The van der Waals surface area contributed by atoms with Gasteiger partial charge in [-0.1, -0.05) is 0 Å². The molecule has 0 saturated heterocycles. The molecule has 0 rings (SSSR count). The van der Waals surface area contributed by atoms with Crippen LogP contribution in [0.1, 0.15) is 20.8 Å². The van der Waals surface area contributed by atoms with Crippen molar-refractivity contribution in [3.63, 3.8) is 0 Å². The Hall–Kier alpha value is -0.380. The normalized spacial score (nSPS) is 16.1. The Balaban J connectivity index is 4.01. The van der Waals surface area contributed by atoms with Crippen molar-refractivity contribution in [3.8, 4) is 0 Å². The van der Waals surface area contributed by atoms with E-state index >= 15 is 0 Å². The third kappa shape index (κ3) is 6.04. The number of carbonyl (C=O) groups excluding carboxylic acids is 1. The lowest BCUT2D eigenvalue weighted by Gasteiger charge is -2.13. The van der Waals surface area contributed by atoms with Crippen molar-refractivity contribution in [2.45, 2.75) is 26.9 Å². The van der Waals surface area contributed by atoms with E-state index in [0.717, 1.165) is 6.92 Å². The van der Waals surface area contributed by atoms with Crippen LogP contribution in [0.3, 0.4) is 0 Å². The summed E-state index contributed by atoms with van der Waals surface area (Å²) in [5.74, 6) is -0.712. The maximum Gasteiger partial charge on any atom is 0.458 e. The number of nitrogens with two attached hydrogens (primary N) is 1. The van der Waals surface area contributed by atoms with Crippen LogP contribution in [0.2, 0.25) is 0 Å². The predicted octanol–water partition coefficient (Wildman–Crippen LogP) is 1.04. The first-order valence-corrected chi connectivity index (χ1v) is 4.72. The van der Waals surface area contributed by atoms with Crippen molar-refractivity contribution in [1.82, 2.24) is 0 Å². The standard InChI is InChI=1S/C5H12NO4P/c1-4(2)9-11(6,8)10-5(3)7/h4H,1-3H3,(H2,6,8). The van der Waals surface area contributed by atoms with Gasteiger partial charge >= 0.3 is 13.7 Å². The van der Waals surface area contributed by atoms with Crippen molar-refractivity contribution >= 4 is 13.7 Å². The Morgan fingerprint density at radius 1 is 1.55 bits per heavy atom. The number of carbonyl (C=O) groups is 1. The fraction of sp³-hybridized carbons (Fsp3) is 0.800. The Kier molecular flexibility index (Phi) is 3.72. The van der Waals surface area contributed by atoms with Crippen LogP contribution in [-0.4, -0.2) is 12.1 Å². The third-order valence-corrected chi connectivity index (χ3v) is 1.84. The Labute approximate surface area is 65.4 Å². The second-order valence-corrected chi connectivity index (χ2v) is 3.75. The van der Waals surface area contributed by atoms with E-state index < -0.39 is 13.7 Å². The van der Waals surface area contributed by atoms with Gasteiger partial charge in [0.05, 0.1) is 6.10 Å². The van der Waals surface area contributed by atoms with Crippen molar-refractivity contribution in [3.05, 3.63) is 0 Å². The summed E-state index contributed by atoms with van der Waals surface area (Å²) < 4.78 is 19.8. The first-order chi connectivity index (χ1) is 4.83. The molecule has 0 aliphatic rings. The lowest BCUT2D eigenvalue weighted by molar-refractivity contribution is -0.132. The van der Waals surface area contributed by atoms with Crippen LogP contribution in [0.5, 0.6) is 0 Å². The molecule has 5 nitrogen and oxygen atoms in total. The van der Waals surface area contributed by atoms with Crippen LogP contribution in [0.4, 0.5) is 0 Å². The van der Waals surface area contributed by atoms with Gasteiger partial charge in [0.1, 0.15) is 0 Å². The van der Waals surface area contributed by atoms with Gasteiger partial charge in [0.15, 0.2) is 0 Å². The molecular weight excluding hydrogens is 169 g/mol. The van der Waals surface area contributed by atoms with Crippen LogP contribution in [-0.2, 0) is 18.4 Å². The minimum Gasteiger partial charge on any atom is -0.380 e. The lowest BCUT2D eigenvalue weighted by Crippen LogP contribution is -2.11. The number of hydrogen-bond acceptors (Lipinski definition) is 4. The van der Waals surface area contributed by atoms with E-state index in [2.05, 4.69) is 9.05 Å². The lowest BCUT2D eigenvalue weighted by atomic mass is 10.5. The van der Waals surface area contributed by atoms with Crippen LogP contribution in [0, 0.1) is 0 Å². The van der Waals surface area contributed by atoms with Crippen molar-refractivity contribution in [1.29, 1.82) is 0 Å². The van der Waals surface area contributed by atoms with E-state index in [1.165, 1.54) is 0 Å². The van der Waals surface area contributed by atoms with Gasteiger partial charge < -0.3 is 4.52 Å². The Morgan fingerprint density at radius 2 is 2.00 bits per heavy atom. The average Bonchev–Trinajstić information content (AvgIpc) is 1.53. The van der Waals surface area contributed by atoms with Crippen molar-refractivity contribution in [2.24, 2.45) is 5.50 Å². The fourth-order valence-electron chi connectivity index (χ4n) is 0.495. The molecule has 1 unspecified atom stereocenters. The molecule has 0 saturated carbocycles. The van der Waals surface area contributed by atoms with E-state index in [1.807, 2.05) is 0 Å². The van der Waals surface area contributed by atoms with E-state index in [1.54, 1.807) is 13.8 Å². The Bertz CT molecular complexity index is 191. The smallest absolute Gasteiger partial charge is 0.380 e. The van der Waals surface area contributed by atoms with Crippen molar-refractivity contribution < 1.29 is 18.4 Å². The molecule has 0 amide bonds. The second kappa shape index (κ2) is 3.85. The quantitative estimate of drug-likeness (QED) is 0.658. The van der Waals surface area contributed by atoms with Gasteiger partial charge in [-0.3, -0.25) is 9.32 Å². The predicted molar refractivity (Wildman–Crippen MR) is 39.8 cm³/mol. The molecule has 0 aliphatic carbocycles. The van der Waals surface area contributed by atoms with Crippen LogP contribution in [0.25, 0.3) is 0 Å². The molecule has 11 heavy (non-hydrogen) atoms. The molecule has 0 spiro atoms. The molecular formula is C5H12NO4P. The van der Waals surface area contributed by atoms with Crippen LogP contribution < -0.4 is 5.50 Å². The molecule has 66 valence electrons. The zero-order valence-electron chi connectivity index (χ0n) is 6.73. The molecule has 0 radical (unpaired) electrons. The second-order valence-electron chi connectivity index (χ2n) is 2.28. The van der Waals surface area contributed by atoms with E-state index in [-0.39, 0.29) is 6.10 Å². The fourth-order valence-corrected chi connectivity index (χ4v) is 1.48. The van der Waals surface area contributed by atoms with E-state index in [9.17, 15) is 9.36 Å². The highest BCUT2D eigenvalue weighted by atomic mass is 31.2. The summed E-state index contributed by atoms with van der Waals surface area (Å²) >= 11 is 0. The molecule has 0 aromatic rings. The molecule has 0 fully saturated rings. The minimum atomic E-state index is -3.65. The molecule has 0 heterocycles. The first-order valence-electron chi connectivity index (χ1n) is 3.10.